The Kier molecular flexibility index (Phi) is 7.01. The number of rotatable bonds is 7. The number of benzene rings is 2. The predicted molar refractivity (Wildman–Crippen MR) is 101 cm³/mol. The van der Waals surface area contributed by atoms with E-state index < -0.39 is 10.8 Å². The van der Waals surface area contributed by atoms with E-state index in [9.17, 15) is 14.9 Å². The maximum Gasteiger partial charge on any atom is 0.270 e. The normalized spacial score (nSPS) is 10.0. The number of non-ortho nitro benzene ring substituents is 1. The van der Waals surface area contributed by atoms with E-state index in [1.807, 2.05) is 0 Å². The Labute approximate surface area is 155 Å². The first-order chi connectivity index (χ1) is 12.5. The molecule has 0 unspecified atom stereocenters. The molecule has 0 aliphatic carbocycles. The number of nitro benzene ring substituents is 1. The third-order valence-corrected chi connectivity index (χ3v) is 3.40. The molecule has 0 spiro atoms. The lowest BCUT2D eigenvalue weighted by Crippen LogP contribution is -2.34. The zero-order valence-electron chi connectivity index (χ0n) is 13.9. The molecule has 8 nitrogen and oxygen atoms in total. The van der Waals surface area contributed by atoms with Gasteiger partial charge in [0.05, 0.1) is 11.5 Å². The van der Waals surface area contributed by atoms with Crippen LogP contribution in [0.15, 0.2) is 48.5 Å². The summed E-state index contributed by atoms with van der Waals surface area (Å²) in [6, 6.07) is 12.4. The lowest BCUT2D eigenvalue weighted by atomic mass is 10.2. The largest absolute Gasteiger partial charge is 0.491 e. The minimum atomic E-state index is -0.567. The Morgan fingerprint density at radius 2 is 1.96 bits per heavy atom. The molecular weight excluding hydrogens is 358 g/mol. The number of hydrogen-bond donors (Lipinski definition) is 2. The minimum absolute atomic E-state index is 0.0653. The summed E-state index contributed by atoms with van der Waals surface area (Å²) >= 11 is 5.11. The van der Waals surface area contributed by atoms with Crippen LogP contribution in [0, 0.1) is 10.1 Å². The molecule has 2 aromatic carbocycles. The summed E-state index contributed by atoms with van der Waals surface area (Å²) in [4.78, 5) is 22.4. The van der Waals surface area contributed by atoms with Gasteiger partial charge in [-0.05, 0) is 30.4 Å². The lowest BCUT2D eigenvalue weighted by Gasteiger charge is -2.11. The van der Waals surface area contributed by atoms with E-state index in [1.54, 1.807) is 31.4 Å². The smallest absolute Gasteiger partial charge is 0.270 e. The van der Waals surface area contributed by atoms with Crippen LogP contribution >= 0.6 is 12.2 Å². The molecular formula is C17H17N3O5S. The lowest BCUT2D eigenvalue weighted by molar-refractivity contribution is -0.384. The second kappa shape index (κ2) is 9.44. The number of methoxy groups -OCH3 is 1. The van der Waals surface area contributed by atoms with Crippen LogP contribution in [0.3, 0.4) is 0 Å². The van der Waals surface area contributed by atoms with Crippen LogP contribution in [0.1, 0.15) is 10.4 Å². The van der Waals surface area contributed by atoms with Gasteiger partial charge < -0.3 is 14.8 Å². The van der Waals surface area contributed by atoms with Crippen molar-refractivity contribution < 1.29 is 19.2 Å². The first kappa shape index (κ1) is 19.3. The average molecular weight is 375 g/mol. The number of thiocarbonyl (C=S) groups is 1. The Balaban J connectivity index is 1.96. The number of carbonyl (C=O) groups excluding carboxylic acids is 1. The number of amides is 1. The standard InChI is InChI=1S/C17H17N3O5S/c1-24-8-9-25-15-7-3-5-13(11-15)18-17(26)19-16(21)12-4-2-6-14(10-12)20(22)23/h2-7,10-11H,8-9H2,1H3,(H2,18,19,21,26). The maximum absolute atomic E-state index is 12.2. The zero-order chi connectivity index (χ0) is 18.9. The van der Waals surface area contributed by atoms with Crippen LogP contribution in [-0.2, 0) is 4.74 Å². The SMILES string of the molecule is COCCOc1cccc(NC(=S)NC(=O)c2cccc([N+](=O)[O-])c2)c1. The maximum atomic E-state index is 12.2. The van der Waals surface area contributed by atoms with Crippen molar-refractivity contribution in [1.82, 2.24) is 5.32 Å². The molecule has 2 aromatic rings. The Morgan fingerprint density at radius 1 is 1.19 bits per heavy atom. The minimum Gasteiger partial charge on any atom is -0.491 e. The third-order valence-electron chi connectivity index (χ3n) is 3.19. The van der Waals surface area contributed by atoms with E-state index in [4.69, 9.17) is 21.7 Å². The molecule has 0 bridgehead atoms. The molecule has 26 heavy (non-hydrogen) atoms. The van der Waals surface area contributed by atoms with Gasteiger partial charge in [-0.2, -0.15) is 0 Å². The van der Waals surface area contributed by atoms with Gasteiger partial charge in [0.25, 0.3) is 11.6 Å². The van der Waals surface area contributed by atoms with Gasteiger partial charge in [0.2, 0.25) is 0 Å². The van der Waals surface area contributed by atoms with E-state index in [1.165, 1.54) is 24.3 Å². The van der Waals surface area contributed by atoms with Gasteiger partial charge in [-0.1, -0.05) is 12.1 Å². The number of hydrogen-bond acceptors (Lipinski definition) is 6. The summed E-state index contributed by atoms with van der Waals surface area (Å²) in [6.45, 7) is 0.878. The van der Waals surface area contributed by atoms with Gasteiger partial charge in [-0.25, -0.2) is 0 Å². The topological polar surface area (TPSA) is 103 Å². The monoisotopic (exact) mass is 375 g/mol. The molecule has 0 aliphatic rings. The number of carbonyl (C=O) groups is 1. The summed E-state index contributed by atoms with van der Waals surface area (Å²) in [5.74, 6) is 0.0820. The van der Waals surface area contributed by atoms with Crippen molar-refractivity contribution in [2.75, 3.05) is 25.6 Å². The van der Waals surface area contributed by atoms with Crippen molar-refractivity contribution in [3.8, 4) is 5.75 Å². The Morgan fingerprint density at radius 3 is 2.69 bits per heavy atom. The van der Waals surface area contributed by atoms with Crippen LogP contribution in [0.4, 0.5) is 11.4 Å². The molecule has 2 rings (SSSR count). The van der Waals surface area contributed by atoms with E-state index in [0.717, 1.165) is 0 Å². The summed E-state index contributed by atoms with van der Waals surface area (Å²) < 4.78 is 10.4. The first-order valence-electron chi connectivity index (χ1n) is 7.58. The van der Waals surface area contributed by atoms with E-state index in [0.29, 0.717) is 24.7 Å². The highest BCUT2D eigenvalue weighted by molar-refractivity contribution is 7.80. The van der Waals surface area contributed by atoms with Crippen molar-refractivity contribution in [2.24, 2.45) is 0 Å². The quantitative estimate of drug-likeness (QED) is 0.332. The number of nitro groups is 1. The molecule has 0 saturated carbocycles. The molecule has 2 N–H and O–H groups in total. The van der Waals surface area contributed by atoms with Crippen molar-refractivity contribution >= 4 is 34.6 Å². The summed E-state index contributed by atoms with van der Waals surface area (Å²) in [7, 11) is 1.59. The highest BCUT2D eigenvalue weighted by Gasteiger charge is 2.12. The molecule has 0 atom stereocenters. The average Bonchev–Trinajstić information content (AvgIpc) is 2.62. The van der Waals surface area contributed by atoms with Crippen LogP contribution in [-0.4, -0.2) is 36.3 Å². The number of ether oxygens (including phenoxy) is 2. The fourth-order valence-corrected chi connectivity index (χ4v) is 2.22. The van der Waals surface area contributed by atoms with E-state index in [-0.39, 0.29) is 16.4 Å². The van der Waals surface area contributed by atoms with Gasteiger partial charge in [-0.3, -0.25) is 20.2 Å². The molecule has 0 fully saturated rings. The first-order valence-corrected chi connectivity index (χ1v) is 7.99. The Hall–Kier alpha value is -3.04. The van der Waals surface area contributed by atoms with Gasteiger partial charge >= 0.3 is 0 Å². The van der Waals surface area contributed by atoms with Crippen LogP contribution in [0.25, 0.3) is 0 Å². The molecule has 9 heteroatoms. The van der Waals surface area contributed by atoms with Gasteiger partial charge in [-0.15, -0.1) is 0 Å². The molecule has 0 aliphatic heterocycles. The second-order valence-corrected chi connectivity index (χ2v) is 5.49. The van der Waals surface area contributed by atoms with E-state index >= 15 is 0 Å². The van der Waals surface area contributed by atoms with Gasteiger partial charge in [0.15, 0.2) is 5.11 Å². The highest BCUT2D eigenvalue weighted by Crippen LogP contribution is 2.17. The van der Waals surface area contributed by atoms with Gasteiger partial charge in [0.1, 0.15) is 12.4 Å². The van der Waals surface area contributed by atoms with Crippen molar-refractivity contribution in [1.29, 1.82) is 0 Å². The van der Waals surface area contributed by atoms with E-state index in [2.05, 4.69) is 10.6 Å². The fraction of sp³-hybridized carbons (Fsp3) is 0.176. The molecule has 136 valence electrons. The molecule has 0 aromatic heterocycles. The molecule has 0 heterocycles. The molecule has 0 saturated heterocycles. The number of anilines is 1. The summed E-state index contributed by atoms with van der Waals surface area (Å²) in [5, 5.41) is 16.2. The summed E-state index contributed by atoms with van der Waals surface area (Å²) in [6.07, 6.45) is 0. The third kappa shape index (κ3) is 5.80. The zero-order valence-corrected chi connectivity index (χ0v) is 14.7. The van der Waals surface area contributed by atoms with Crippen molar-refractivity contribution in [2.45, 2.75) is 0 Å². The second-order valence-electron chi connectivity index (χ2n) is 5.08. The van der Waals surface area contributed by atoms with Crippen molar-refractivity contribution in [3.63, 3.8) is 0 Å². The van der Waals surface area contributed by atoms with Crippen molar-refractivity contribution in [3.05, 3.63) is 64.2 Å². The molecule has 0 radical (unpaired) electrons. The molecule has 1 amide bonds. The van der Waals surface area contributed by atoms with Crippen LogP contribution in [0.5, 0.6) is 5.75 Å². The fourth-order valence-electron chi connectivity index (χ4n) is 2.00. The van der Waals surface area contributed by atoms with Gasteiger partial charge in [0, 0.05) is 36.6 Å². The number of nitrogens with one attached hydrogen (secondary N) is 2. The van der Waals surface area contributed by atoms with Crippen LogP contribution < -0.4 is 15.4 Å². The summed E-state index contributed by atoms with van der Waals surface area (Å²) in [5.41, 5.74) is 0.599. The number of nitrogens with zero attached hydrogens (tertiary/aromatic N) is 1. The Bertz CT molecular complexity index is 812. The predicted octanol–water partition coefficient (Wildman–Crippen LogP) is 2.75. The van der Waals surface area contributed by atoms with Crippen LogP contribution in [0.2, 0.25) is 0 Å². The highest BCUT2D eigenvalue weighted by atomic mass is 32.1.